The molecule has 0 bridgehead atoms. The number of nitrogens with zero attached hydrogens (tertiary/aromatic N) is 1. The van der Waals surface area contributed by atoms with Crippen LogP contribution in [0.2, 0.25) is 0 Å². The summed E-state index contributed by atoms with van der Waals surface area (Å²) in [5.41, 5.74) is 0.525. The third-order valence-electron chi connectivity index (χ3n) is 6.19. The summed E-state index contributed by atoms with van der Waals surface area (Å²) in [7, 11) is 0. The molecule has 0 heterocycles. The molecule has 2 fully saturated rings. The van der Waals surface area contributed by atoms with Crippen molar-refractivity contribution in [2.24, 2.45) is 0 Å². The fourth-order valence-corrected chi connectivity index (χ4v) is 4.45. The number of rotatable bonds is 7. The molecule has 34 heavy (non-hydrogen) atoms. The van der Waals surface area contributed by atoms with Crippen molar-refractivity contribution in [3.05, 3.63) is 35.4 Å². The Hall–Kier alpha value is -3.01. The predicted molar refractivity (Wildman–Crippen MR) is 131 cm³/mol. The van der Waals surface area contributed by atoms with Crippen molar-refractivity contribution in [3.8, 4) is 12.3 Å². The normalized spacial score (nSPS) is 18.2. The number of carbonyl (C=O) groups is 3. The summed E-state index contributed by atoms with van der Waals surface area (Å²) in [4.78, 5) is 41.3. The number of benzene rings is 1. The van der Waals surface area contributed by atoms with E-state index in [-0.39, 0.29) is 23.9 Å². The molecular formula is C27H37N3O4. The second-order valence-electron chi connectivity index (χ2n) is 10.3. The van der Waals surface area contributed by atoms with Crippen molar-refractivity contribution >= 4 is 17.9 Å². The molecule has 184 valence electrons. The molecule has 0 spiro atoms. The van der Waals surface area contributed by atoms with Crippen LogP contribution < -0.4 is 10.6 Å². The van der Waals surface area contributed by atoms with Gasteiger partial charge in [-0.05, 0) is 65.0 Å². The van der Waals surface area contributed by atoms with Gasteiger partial charge in [0, 0.05) is 17.6 Å². The zero-order valence-corrected chi connectivity index (χ0v) is 20.7. The Balaban J connectivity index is 1.89. The SMILES string of the molecule is C#Cc1ccccc1C(C(=O)NC1CCCCC1)N(C(=O)C(C)NC(=O)OC(C)(C)C)C1CC1. The summed E-state index contributed by atoms with van der Waals surface area (Å²) in [6.45, 7) is 6.90. The van der Waals surface area contributed by atoms with Crippen LogP contribution in [0.5, 0.6) is 0 Å². The quantitative estimate of drug-likeness (QED) is 0.592. The zero-order chi connectivity index (χ0) is 24.9. The maximum atomic E-state index is 13.7. The molecule has 2 aliphatic carbocycles. The van der Waals surface area contributed by atoms with E-state index in [4.69, 9.17) is 11.2 Å². The molecule has 7 nitrogen and oxygen atoms in total. The van der Waals surface area contributed by atoms with Crippen LogP contribution in [0.3, 0.4) is 0 Å². The van der Waals surface area contributed by atoms with Gasteiger partial charge in [0.15, 0.2) is 0 Å². The van der Waals surface area contributed by atoms with Gasteiger partial charge in [-0.1, -0.05) is 43.4 Å². The first-order valence-electron chi connectivity index (χ1n) is 12.3. The highest BCUT2D eigenvalue weighted by molar-refractivity contribution is 5.92. The van der Waals surface area contributed by atoms with Crippen molar-refractivity contribution in [2.75, 3.05) is 0 Å². The monoisotopic (exact) mass is 467 g/mol. The molecule has 2 aliphatic rings. The highest BCUT2D eigenvalue weighted by Crippen LogP contribution is 2.37. The fourth-order valence-electron chi connectivity index (χ4n) is 4.45. The molecule has 7 heteroatoms. The number of hydrogen-bond acceptors (Lipinski definition) is 4. The second-order valence-corrected chi connectivity index (χ2v) is 10.3. The third-order valence-corrected chi connectivity index (χ3v) is 6.19. The van der Waals surface area contributed by atoms with E-state index in [0.717, 1.165) is 38.5 Å². The lowest BCUT2D eigenvalue weighted by Crippen LogP contribution is -2.53. The number of nitrogens with one attached hydrogen (secondary N) is 2. The van der Waals surface area contributed by atoms with Gasteiger partial charge in [0.2, 0.25) is 11.8 Å². The largest absolute Gasteiger partial charge is 0.444 e. The van der Waals surface area contributed by atoms with Crippen molar-refractivity contribution in [3.63, 3.8) is 0 Å². The van der Waals surface area contributed by atoms with Crippen molar-refractivity contribution in [1.82, 2.24) is 15.5 Å². The molecule has 2 atom stereocenters. The first kappa shape index (κ1) is 25.6. The lowest BCUT2D eigenvalue weighted by atomic mass is 9.93. The first-order valence-corrected chi connectivity index (χ1v) is 12.3. The molecule has 2 saturated carbocycles. The van der Waals surface area contributed by atoms with Gasteiger partial charge < -0.3 is 20.3 Å². The summed E-state index contributed by atoms with van der Waals surface area (Å²) in [5, 5.41) is 5.81. The Morgan fingerprint density at radius 2 is 1.74 bits per heavy atom. The van der Waals surface area contributed by atoms with Crippen LogP contribution in [0.4, 0.5) is 4.79 Å². The average Bonchev–Trinajstić information content (AvgIpc) is 3.61. The molecule has 2 N–H and O–H groups in total. The van der Waals surface area contributed by atoms with Crippen molar-refractivity contribution < 1.29 is 19.1 Å². The Bertz CT molecular complexity index is 936. The first-order chi connectivity index (χ1) is 16.1. The van der Waals surface area contributed by atoms with Gasteiger partial charge >= 0.3 is 6.09 Å². The van der Waals surface area contributed by atoms with E-state index in [1.165, 1.54) is 6.42 Å². The Morgan fingerprint density at radius 3 is 2.32 bits per heavy atom. The number of carbonyl (C=O) groups excluding carboxylic acids is 3. The summed E-state index contributed by atoms with van der Waals surface area (Å²) < 4.78 is 5.32. The van der Waals surface area contributed by atoms with E-state index in [1.54, 1.807) is 38.7 Å². The Labute approximate surface area is 203 Å². The van der Waals surface area contributed by atoms with Gasteiger partial charge in [-0.3, -0.25) is 9.59 Å². The lowest BCUT2D eigenvalue weighted by Gasteiger charge is -2.35. The molecule has 3 amide bonds. The molecule has 1 aromatic rings. The van der Waals surface area contributed by atoms with Gasteiger partial charge in [0.25, 0.3) is 0 Å². The summed E-state index contributed by atoms with van der Waals surface area (Å²) in [6.07, 6.45) is 11.9. The topological polar surface area (TPSA) is 87.7 Å². The molecule has 0 radical (unpaired) electrons. The van der Waals surface area contributed by atoms with Gasteiger partial charge in [-0.15, -0.1) is 6.42 Å². The van der Waals surface area contributed by atoms with Crippen LogP contribution in [-0.4, -0.2) is 46.5 Å². The smallest absolute Gasteiger partial charge is 0.408 e. The maximum Gasteiger partial charge on any atom is 0.408 e. The van der Waals surface area contributed by atoms with E-state index in [1.807, 2.05) is 18.2 Å². The maximum absolute atomic E-state index is 13.7. The number of ether oxygens (including phenoxy) is 1. The number of hydrogen-bond donors (Lipinski definition) is 2. The fraction of sp³-hybridized carbons (Fsp3) is 0.593. The van der Waals surface area contributed by atoms with E-state index in [2.05, 4.69) is 16.6 Å². The Morgan fingerprint density at radius 1 is 1.09 bits per heavy atom. The molecule has 0 aliphatic heterocycles. The minimum absolute atomic E-state index is 0.0803. The highest BCUT2D eigenvalue weighted by atomic mass is 16.6. The summed E-state index contributed by atoms with van der Waals surface area (Å²) in [5.74, 6) is 2.11. The molecular weight excluding hydrogens is 430 g/mol. The third kappa shape index (κ3) is 6.75. The van der Waals surface area contributed by atoms with Crippen molar-refractivity contribution in [1.29, 1.82) is 0 Å². The summed E-state index contributed by atoms with van der Waals surface area (Å²) >= 11 is 0. The molecule has 1 aromatic carbocycles. The van der Waals surface area contributed by atoms with E-state index < -0.39 is 23.8 Å². The molecule has 0 saturated heterocycles. The standard InChI is InChI=1S/C27H37N3O4/c1-6-19-12-10-11-15-22(19)23(24(31)29-20-13-8-7-9-14-20)30(21-16-17-21)25(32)18(2)28-26(33)34-27(3,4)5/h1,10-12,15,18,20-21,23H,7-9,13-14,16-17H2,2-5H3,(H,28,33)(H,29,31). The molecule has 2 unspecified atom stereocenters. The van der Waals surface area contributed by atoms with Crippen LogP contribution in [0, 0.1) is 12.3 Å². The van der Waals surface area contributed by atoms with Crippen LogP contribution in [0.15, 0.2) is 24.3 Å². The van der Waals surface area contributed by atoms with Gasteiger partial charge in [0.1, 0.15) is 17.7 Å². The van der Waals surface area contributed by atoms with Crippen molar-refractivity contribution in [2.45, 2.75) is 102 Å². The number of amides is 3. The zero-order valence-electron chi connectivity index (χ0n) is 20.7. The molecule has 0 aromatic heterocycles. The van der Waals surface area contributed by atoms with Gasteiger partial charge in [-0.2, -0.15) is 0 Å². The minimum atomic E-state index is -0.864. The number of alkyl carbamates (subject to hydrolysis) is 1. The van der Waals surface area contributed by atoms with Gasteiger partial charge in [-0.25, -0.2) is 4.79 Å². The lowest BCUT2D eigenvalue weighted by molar-refractivity contribution is -0.143. The van der Waals surface area contributed by atoms with E-state index in [0.29, 0.717) is 11.1 Å². The van der Waals surface area contributed by atoms with Crippen LogP contribution in [0.25, 0.3) is 0 Å². The van der Waals surface area contributed by atoms with Gasteiger partial charge in [0.05, 0.1) is 0 Å². The Kier molecular flexibility index (Phi) is 8.24. The highest BCUT2D eigenvalue weighted by Gasteiger charge is 2.44. The van der Waals surface area contributed by atoms with E-state index >= 15 is 0 Å². The molecule has 3 rings (SSSR count). The second kappa shape index (κ2) is 10.9. The summed E-state index contributed by atoms with van der Waals surface area (Å²) in [6, 6.07) is 5.54. The average molecular weight is 468 g/mol. The minimum Gasteiger partial charge on any atom is -0.444 e. The predicted octanol–water partition coefficient (Wildman–Crippen LogP) is 4.06. The van der Waals surface area contributed by atoms with Crippen LogP contribution in [-0.2, 0) is 14.3 Å². The van der Waals surface area contributed by atoms with Crippen LogP contribution in [0.1, 0.15) is 89.8 Å². The van der Waals surface area contributed by atoms with Crippen LogP contribution >= 0.6 is 0 Å². The van der Waals surface area contributed by atoms with E-state index in [9.17, 15) is 14.4 Å². The number of terminal acetylenes is 1.